The summed E-state index contributed by atoms with van der Waals surface area (Å²) >= 11 is 0. The van der Waals surface area contributed by atoms with E-state index in [1.165, 1.54) is 24.4 Å². The van der Waals surface area contributed by atoms with Crippen molar-refractivity contribution in [2.24, 2.45) is 0 Å². The summed E-state index contributed by atoms with van der Waals surface area (Å²) in [5.41, 5.74) is 7.71. The number of nitrogen functional groups attached to an aromatic ring is 1. The first kappa shape index (κ1) is 13.8. The lowest BCUT2D eigenvalue weighted by atomic mass is 10.0. The van der Waals surface area contributed by atoms with Crippen LogP contribution in [0.2, 0.25) is 0 Å². The molecule has 0 aliphatic rings. The zero-order valence-corrected chi connectivity index (χ0v) is 11.4. The van der Waals surface area contributed by atoms with Crippen LogP contribution in [0.4, 0.5) is 10.3 Å². The molecule has 1 heterocycles. The molecule has 0 unspecified atom stereocenters. The maximum atomic E-state index is 13.5. The van der Waals surface area contributed by atoms with Gasteiger partial charge >= 0.3 is 0 Å². The third kappa shape index (κ3) is 2.54. The summed E-state index contributed by atoms with van der Waals surface area (Å²) in [6.45, 7) is 0. The largest absolute Gasteiger partial charge is 0.507 e. The Morgan fingerprint density at radius 1 is 0.909 bits per heavy atom. The fourth-order valence-corrected chi connectivity index (χ4v) is 2.13. The fraction of sp³-hybridized carbons (Fsp3) is 0. The van der Waals surface area contributed by atoms with Crippen LogP contribution in [-0.4, -0.2) is 20.2 Å². The molecular weight excluding hydrogens is 285 g/mol. The van der Waals surface area contributed by atoms with Gasteiger partial charge in [0.15, 0.2) is 11.6 Å². The monoisotopic (exact) mass is 297 g/mol. The van der Waals surface area contributed by atoms with Crippen molar-refractivity contribution in [3.8, 4) is 33.9 Å². The van der Waals surface area contributed by atoms with Gasteiger partial charge in [-0.1, -0.05) is 12.1 Å². The Bertz CT molecular complexity index is 853. The van der Waals surface area contributed by atoms with Crippen molar-refractivity contribution in [2.45, 2.75) is 0 Å². The molecule has 0 fully saturated rings. The second-order valence-electron chi connectivity index (χ2n) is 4.70. The van der Waals surface area contributed by atoms with E-state index < -0.39 is 11.6 Å². The van der Waals surface area contributed by atoms with Crippen molar-refractivity contribution in [2.75, 3.05) is 5.73 Å². The molecule has 0 amide bonds. The summed E-state index contributed by atoms with van der Waals surface area (Å²) < 4.78 is 13.5. The van der Waals surface area contributed by atoms with E-state index in [1.807, 2.05) is 0 Å². The van der Waals surface area contributed by atoms with E-state index in [4.69, 9.17) is 5.73 Å². The van der Waals surface area contributed by atoms with Gasteiger partial charge in [0.1, 0.15) is 5.75 Å². The maximum absolute atomic E-state index is 13.5. The predicted octanol–water partition coefficient (Wildman–Crippen LogP) is 2.94. The van der Waals surface area contributed by atoms with E-state index in [-0.39, 0.29) is 11.7 Å². The van der Waals surface area contributed by atoms with Crippen LogP contribution in [0.3, 0.4) is 0 Å². The number of nitrogens with two attached hydrogens (primary N) is 1. The summed E-state index contributed by atoms with van der Waals surface area (Å²) in [4.78, 5) is 7.87. The molecule has 2 aromatic carbocycles. The van der Waals surface area contributed by atoms with Crippen LogP contribution in [0.1, 0.15) is 0 Å². The predicted molar refractivity (Wildman–Crippen MR) is 80.6 cm³/mol. The van der Waals surface area contributed by atoms with Crippen LogP contribution in [0.15, 0.2) is 48.7 Å². The highest BCUT2D eigenvalue weighted by molar-refractivity contribution is 5.76. The van der Waals surface area contributed by atoms with E-state index in [0.717, 1.165) is 0 Å². The summed E-state index contributed by atoms with van der Waals surface area (Å²) in [5, 5.41) is 19.3. The number of hydrogen-bond donors (Lipinski definition) is 3. The Balaban J connectivity index is 2.12. The molecule has 0 aliphatic heterocycles. The van der Waals surface area contributed by atoms with Gasteiger partial charge < -0.3 is 15.9 Å². The Hall–Kier alpha value is -3.15. The number of aromatic hydroxyl groups is 2. The first-order valence-corrected chi connectivity index (χ1v) is 6.45. The number of phenolic OH excluding ortho intramolecular Hbond substituents is 2. The lowest BCUT2D eigenvalue weighted by Crippen LogP contribution is -1.95. The van der Waals surface area contributed by atoms with E-state index in [0.29, 0.717) is 22.4 Å². The molecule has 0 radical (unpaired) electrons. The fourth-order valence-electron chi connectivity index (χ4n) is 2.13. The highest BCUT2D eigenvalue weighted by atomic mass is 19.1. The van der Waals surface area contributed by atoms with Crippen molar-refractivity contribution in [1.82, 2.24) is 9.97 Å². The molecular formula is C16H12FN3O2. The first-order chi connectivity index (χ1) is 10.5. The topological polar surface area (TPSA) is 92.3 Å². The second-order valence-corrected chi connectivity index (χ2v) is 4.70. The van der Waals surface area contributed by atoms with Gasteiger partial charge in [-0.05, 0) is 41.5 Å². The normalized spacial score (nSPS) is 10.6. The molecule has 6 heteroatoms. The molecule has 3 rings (SSSR count). The minimum Gasteiger partial charge on any atom is -0.507 e. The Morgan fingerprint density at radius 2 is 1.59 bits per heavy atom. The van der Waals surface area contributed by atoms with Gasteiger partial charge in [0.25, 0.3) is 0 Å². The smallest absolute Gasteiger partial charge is 0.220 e. The Morgan fingerprint density at radius 3 is 2.27 bits per heavy atom. The lowest BCUT2D eigenvalue weighted by molar-refractivity contribution is 0.432. The molecule has 22 heavy (non-hydrogen) atoms. The molecule has 3 aromatic rings. The SMILES string of the molecule is Nc1nccc(-c2cc(-c3ccc(O)c(F)c3)ccc2O)n1. The van der Waals surface area contributed by atoms with Crippen molar-refractivity contribution in [3.05, 3.63) is 54.5 Å². The minimum absolute atomic E-state index is 0.0288. The third-order valence-corrected chi connectivity index (χ3v) is 3.23. The van der Waals surface area contributed by atoms with Gasteiger partial charge in [-0.25, -0.2) is 14.4 Å². The molecule has 0 saturated heterocycles. The van der Waals surface area contributed by atoms with E-state index in [2.05, 4.69) is 9.97 Å². The molecule has 5 nitrogen and oxygen atoms in total. The van der Waals surface area contributed by atoms with Crippen LogP contribution in [0.25, 0.3) is 22.4 Å². The minimum atomic E-state index is -0.710. The standard InChI is InChI=1S/C16H12FN3O2/c17-12-8-10(2-4-15(12)22)9-1-3-14(21)11(7-9)13-5-6-19-16(18)20-13/h1-8,21-22H,(H2,18,19,20). The van der Waals surface area contributed by atoms with Crippen molar-refractivity contribution >= 4 is 5.95 Å². The van der Waals surface area contributed by atoms with E-state index >= 15 is 0 Å². The van der Waals surface area contributed by atoms with Crippen LogP contribution in [-0.2, 0) is 0 Å². The molecule has 110 valence electrons. The average Bonchev–Trinajstić information content (AvgIpc) is 2.50. The number of halogens is 1. The second kappa shape index (κ2) is 5.33. The number of hydrogen-bond acceptors (Lipinski definition) is 5. The number of phenols is 2. The van der Waals surface area contributed by atoms with Gasteiger partial charge in [-0.15, -0.1) is 0 Å². The van der Waals surface area contributed by atoms with Gasteiger partial charge in [0.2, 0.25) is 5.95 Å². The number of benzene rings is 2. The van der Waals surface area contributed by atoms with Crippen LogP contribution in [0, 0.1) is 5.82 Å². The zero-order valence-electron chi connectivity index (χ0n) is 11.4. The number of aromatic nitrogens is 2. The number of rotatable bonds is 2. The quantitative estimate of drug-likeness (QED) is 0.676. The summed E-state index contributed by atoms with van der Waals surface area (Å²) in [5.74, 6) is -0.996. The van der Waals surface area contributed by atoms with Crippen LogP contribution >= 0.6 is 0 Å². The van der Waals surface area contributed by atoms with Crippen molar-refractivity contribution in [3.63, 3.8) is 0 Å². The molecule has 0 saturated carbocycles. The van der Waals surface area contributed by atoms with E-state index in [9.17, 15) is 14.6 Å². The molecule has 1 aromatic heterocycles. The van der Waals surface area contributed by atoms with E-state index in [1.54, 1.807) is 24.3 Å². The summed E-state index contributed by atoms with van der Waals surface area (Å²) in [7, 11) is 0. The van der Waals surface area contributed by atoms with Crippen molar-refractivity contribution in [1.29, 1.82) is 0 Å². The highest BCUT2D eigenvalue weighted by Crippen LogP contribution is 2.33. The van der Waals surface area contributed by atoms with Crippen LogP contribution in [0.5, 0.6) is 11.5 Å². The third-order valence-electron chi connectivity index (χ3n) is 3.23. The molecule has 4 N–H and O–H groups in total. The molecule has 0 aliphatic carbocycles. The Kier molecular flexibility index (Phi) is 3.34. The van der Waals surface area contributed by atoms with Crippen molar-refractivity contribution < 1.29 is 14.6 Å². The molecule has 0 bridgehead atoms. The van der Waals surface area contributed by atoms with Gasteiger partial charge in [0, 0.05) is 11.8 Å². The first-order valence-electron chi connectivity index (χ1n) is 6.45. The summed E-state index contributed by atoms with van der Waals surface area (Å²) in [6.07, 6.45) is 1.49. The molecule has 0 spiro atoms. The van der Waals surface area contributed by atoms with Crippen LogP contribution < -0.4 is 5.73 Å². The Labute approximate surface area is 125 Å². The maximum Gasteiger partial charge on any atom is 0.220 e. The number of nitrogens with zero attached hydrogens (tertiary/aromatic N) is 2. The lowest BCUT2D eigenvalue weighted by Gasteiger charge is -2.08. The molecule has 0 atom stereocenters. The van der Waals surface area contributed by atoms with Gasteiger partial charge in [-0.3, -0.25) is 0 Å². The highest BCUT2D eigenvalue weighted by Gasteiger charge is 2.10. The average molecular weight is 297 g/mol. The number of anilines is 1. The zero-order chi connectivity index (χ0) is 15.7. The van der Waals surface area contributed by atoms with Gasteiger partial charge in [0.05, 0.1) is 5.69 Å². The van der Waals surface area contributed by atoms with Gasteiger partial charge in [-0.2, -0.15) is 0 Å². The summed E-state index contributed by atoms with van der Waals surface area (Å²) in [6, 6.07) is 10.5.